The normalized spacial score (nSPS) is 19.3. The summed E-state index contributed by atoms with van der Waals surface area (Å²) in [5, 5.41) is 6.42. The molecule has 0 N–H and O–H groups in total. The third-order valence-electron chi connectivity index (χ3n) is 3.36. The lowest BCUT2D eigenvalue weighted by molar-refractivity contribution is -0.0949. The van der Waals surface area contributed by atoms with Gasteiger partial charge in [0.05, 0.1) is 26.4 Å². The van der Waals surface area contributed by atoms with Gasteiger partial charge in [-0.05, 0) is 24.3 Å². The first-order valence-corrected chi connectivity index (χ1v) is 7.88. The fraction of sp³-hybridized carbons (Fsp3) is 0.571. The van der Waals surface area contributed by atoms with Crippen molar-refractivity contribution in [1.29, 1.82) is 0 Å². The van der Waals surface area contributed by atoms with Gasteiger partial charge in [-0.15, -0.1) is 11.3 Å². The van der Waals surface area contributed by atoms with Crippen LogP contribution in [0.15, 0.2) is 23.8 Å². The summed E-state index contributed by atoms with van der Waals surface area (Å²) in [6.45, 7) is 2.75. The van der Waals surface area contributed by atoms with Gasteiger partial charge < -0.3 is 9.47 Å². The Balaban J connectivity index is 1.50. The van der Waals surface area contributed by atoms with Gasteiger partial charge in [0.15, 0.2) is 0 Å². The van der Waals surface area contributed by atoms with Crippen LogP contribution < -0.4 is 0 Å². The van der Waals surface area contributed by atoms with E-state index in [-0.39, 0.29) is 6.10 Å². The summed E-state index contributed by atoms with van der Waals surface area (Å²) in [5.41, 5.74) is 0. The van der Waals surface area contributed by atoms with Crippen molar-refractivity contribution in [3.63, 3.8) is 0 Å². The third kappa shape index (κ3) is 3.65. The first-order chi connectivity index (χ1) is 9.92. The Bertz CT molecular complexity index is 506. The van der Waals surface area contributed by atoms with E-state index in [4.69, 9.17) is 9.47 Å². The molecule has 1 unspecified atom stereocenters. The molecule has 1 aliphatic rings. The summed E-state index contributed by atoms with van der Waals surface area (Å²) in [5.74, 6) is 1.04. The van der Waals surface area contributed by atoms with E-state index in [0.717, 1.165) is 31.6 Å². The van der Waals surface area contributed by atoms with Crippen molar-refractivity contribution in [3.05, 3.63) is 34.5 Å². The molecule has 1 saturated heterocycles. The van der Waals surface area contributed by atoms with Crippen molar-refractivity contribution in [2.45, 2.75) is 31.9 Å². The van der Waals surface area contributed by atoms with Crippen LogP contribution in [0.4, 0.5) is 0 Å². The quantitative estimate of drug-likeness (QED) is 0.816. The number of thiophene rings is 1. The van der Waals surface area contributed by atoms with Gasteiger partial charge in [0, 0.05) is 11.3 Å². The molecule has 2 aromatic heterocycles. The van der Waals surface area contributed by atoms with E-state index in [0.29, 0.717) is 19.8 Å². The lowest BCUT2D eigenvalue weighted by atomic mass is 10.2. The van der Waals surface area contributed by atoms with Gasteiger partial charge in [0.25, 0.3) is 0 Å². The molecule has 0 amide bonds. The smallest absolute Gasteiger partial charge is 0.138 e. The third-order valence-corrected chi connectivity index (χ3v) is 4.30. The van der Waals surface area contributed by atoms with E-state index >= 15 is 0 Å². The molecule has 1 fully saturated rings. The average molecular weight is 293 g/mol. The first-order valence-electron chi connectivity index (χ1n) is 7.00. The Morgan fingerprint density at radius 2 is 2.35 bits per heavy atom. The van der Waals surface area contributed by atoms with Crippen LogP contribution in [0.1, 0.15) is 17.1 Å². The highest BCUT2D eigenvalue weighted by Gasteiger charge is 2.17. The van der Waals surface area contributed by atoms with Gasteiger partial charge in [0.2, 0.25) is 0 Å². The number of hydrogen-bond acceptors (Lipinski definition) is 5. The Morgan fingerprint density at radius 3 is 3.15 bits per heavy atom. The van der Waals surface area contributed by atoms with Crippen molar-refractivity contribution in [1.82, 2.24) is 14.8 Å². The zero-order valence-corrected chi connectivity index (χ0v) is 12.2. The number of ether oxygens (including phenoxy) is 2. The molecule has 0 aromatic carbocycles. The topological polar surface area (TPSA) is 49.2 Å². The molecule has 5 nitrogen and oxygen atoms in total. The standard InChI is InChI=1S/C14H19N3O2S/c1(3-13-4-2-8-20-13)5-14-15-11-16-17(14)9-12-10-18-6-7-19-12/h2,4,8,11-12H,1,3,5-7,9-10H2. The second kappa shape index (κ2) is 6.97. The van der Waals surface area contributed by atoms with Crippen LogP contribution >= 0.6 is 11.3 Å². The molecule has 1 atom stereocenters. The predicted octanol–water partition coefficient (Wildman–Crippen LogP) is 1.93. The molecule has 3 rings (SSSR count). The van der Waals surface area contributed by atoms with E-state index in [1.54, 1.807) is 6.33 Å². The number of nitrogens with zero attached hydrogens (tertiary/aromatic N) is 3. The summed E-state index contributed by atoms with van der Waals surface area (Å²) in [6, 6.07) is 4.28. The van der Waals surface area contributed by atoms with Crippen LogP contribution in [0, 0.1) is 0 Å². The van der Waals surface area contributed by atoms with Crippen LogP contribution in [0.2, 0.25) is 0 Å². The molecule has 0 bridgehead atoms. The minimum Gasteiger partial charge on any atom is -0.376 e. The second-order valence-corrected chi connectivity index (χ2v) is 5.89. The van der Waals surface area contributed by atoms with Crippen molar-refractivity contribution in [2.24, 2.45) is 0 Å². The minimum absolute atomic E-state index is 0.0986. The average Bonchev–Trinajstić information content (AvgIpc) is 3.13. The molecule has 3 heterocycles. The molecule has 1 aliphatic heterocycles. The monoisotopic (exact) mass is 293 g/mol. The van der Waals surface area contributed by atoms with Crippen LogP contribution in [-0.2, 0) is 28.9 Å². The molecule has 20 heavy (non-hydrogen) atoms. The molecule has 0 aliphatic carbocycles. The van der Waals surface area contributed by atoms with E-state index in [9.17, 15) is 0 Å². The van der Waals surface area contributed by atoms with E-state index in [1.807, 2.05) is 16.0 Å². The minimum atomic E-state index is 0.0986. The summed E-state index contributed by atoms with van der Waals surface area (Å²) < 4.78 is 13.0. The summed E-state index contributed by atoms with van der Waals surface area (Å²) >= 11 is 1.81. The zero-order chi connectivity index (χ0) is 13.6. The maximum absolute atomic E-state index is 5.66. The Morgan fingerprint density at radius 1 is 1.35 bits per heavy atom. The number of aryl methyl sites for hydroxylation is 2. The summed E-state index contributed by atoms with van der Waals surface area (Å²) in [6.07, 6.45) is 4.88. The fourth-order valence-electron chi connectivity index (χ4n) is 2.34. The molecule has 0 saturated carbocycles. The van der Waals surface area contributed by atoms with Crippen LogP contribution in [-0.4, -0.2) is 40.7 Å². The number of aromatic nitrogens is 3. The lowest BCUT2D eigenvalue weighted by Crippen LogP contribution is -2.33. The zero-order valence-electron chi connectivity index (χ0n) is 11.4. The largest absolute Gasteiger partial charge is 0.376 e. The Hall–Kier alpha value is -1.24. The van der Waals surface area contributed by atoms with Gasteiger partial charge in [-0.2, -0.15) is 5.10 Å². The van der Waals surface area contributed by atoms with E-state index in [2.05, 4.69) is 27.6 Å². The van der Waals surface area contributed by atoms with Gasteiger partial charge >= 0.3 is 0 Å². The highest BCUT2D eigenvalue weighted by atomic mass is 32.1. The summed E-state index contributed by atoms with van der Waals surface area (Å²) in [7, 11) is 0. The highest BCUT2D eigenvalue weighted by molar-refractivity contribution is 7.09. The van der Waals surface area contributed by atoms with Crippen molar-refractivity contribution in [2.75, 3.05) is 19.8 Å². The van der Waals surface area contributed by atoms with Gasteiger partial charge in [-0.1, -0.05) is 6.07 Å². The second-order valence-electron chi connectivity index (χ2n) is 4.86. The van der Waals surface area contributed by atoms with Gasteiger partial charge in [-0.25, -0.2) is 9.67 Å². The maximum Gasteiger partial charge on any atom is 0.138 e. The van der Waals surface area contributed by atoms with E-state index < -0.39 is 0 Å². The van der Waals surface area contributed by atoms with Crippen LogP contribution in [0.25, 0.3) is 0 Å². The Kier molecular flexibility index (Phi) is 4.78. The number of rotatable bonds is 6. The van der Waals surface area contributed by atoms with Gasteiger partial charge in [0.1, 0.15) is 18.3 Å². The first kappa shape index (κ1) is 13.7. The van der Waals surface area contributed by atoms with Crippen LogP contribution in [0.5, 0.6) is 0 Å². The molecule has 2 aromatic rings. The summed E-state index contributed by atoms with van der Waals surface area (Å²) in [4.78, 5) is 5.79. The fourth-order valence-corrected chi connectivity index (χ4v) is 3.10. The molecular formula is C14H19N3O2S. The predicted molar refractivity (Wildman–Crippen MR) is 76.9 cm³/mol. The van der Waals surface area contributed by atoms with Crippen molar-refractivity contribution < 1.29 is 9.47 Å². The van der Waals surface area contributed by atoms with Gasteiger partial charge in [-0.3, -0.25) is 0 Å². The highest BCUT2D eigenvalue weighted by Crippen LogP contribution is 2.13. The van der Waals surface area contributed by atoms with Crippen LogP contribution in [0.3, 0.4) is 0 Å². The number of hydrogen-bond donors (Lipinski definition) is 0. The van der Waals surface area contributed by atoms with E-state index in [1.165, 1.54) is 4.88 Å². The molecule has 0 spiro atoms. The van der Waals surface area contributed by atoms with Crippen molar-refractivity contribution >= 4 is 11.3 Å². The Labute approximate surface area is 122 Å². The molecule has 0 radical (unpaired) electrons. The lowest BCUT2D eigenvalue weighted by Gasteiger charge is -2.23. The molecule has 108 valence electrons. The van der Waals surface area contributed by atoms with Crippen molar-refractivity contribution in [3.8, 4) is 0 Å². The maximum atomic E-state index is 5.66. The molecule has 6 heteroatoms. The SMILES string of the molecule is c1csc(CCCc2ncnn2CC2COCCO2)c1. The molecular weight excluding hydrogens is 274 g/mol.